The largest absolute Gasteiger partial charge is 0.399 e. The minimum atomic E-state index is 0.124. The molecule has 1 saturated carbocycles. The monoisotopic (exact) mass is 246 g/mol. The van der Waals surface area contributed by atoms with E-state index < -0.39 is 0 Å². The van der Waals surface area contributed by atoms with Crippen LogP contribution in [0.1, 0.15) is 38.2 Å². The van der Waals surface area contributed by atoms with Gasteiger partial charge >= 0.3 is 0 Å². The molecule has 1 aromatic carbocycles. The summed E-state index contributed by atoms with van der Waals surface area (Å²) < 4.78 is 0. The van der Waals surface area contributed by atoms with Crippen LogP contribution in [0.4, 0.5) is 5.69 Å². The van der Waals surface area contributed by atoms with Gasteiger partial charge in [-0.2, -0.15) is 0 Å². The summed E-state index contributed by atoms with van der Waals surface area (Å²) >= 11 is 0. The van der Waals surface area contributed by atoms with Gasteiger partial charge < -0.3 is 11.1 Å². The molecule has 0 saturated heterocycles. The Morgan fingerprint density at radius 2 is 2.06 bits per heavy atom. The molecule has 3 nitrogen and oxygen atoms in total. The third kappa shape index (κ3) is 3.76. The molecule has 18 heavy (non-hydrogen) atoms. The minimum Gasteiger partial charge on any atom is -0.399 e. The predicted molar refractivity (Wildman–Crippen MR) is 74.1 cm³/mol. The Morgan fingerprint density at radius 3 is 2.72 bits per heavy atom. The lowest BCUT2D eigenvalue weighted by atomic mass is 9.87. The summed E-state index contributed by atoms with van der Waals surface area (Å²) in [4.78, 5) is 11.9. The van der Waals surface area contributed by atoms with E-state index >= 15 is 0 Å². The van der Waals surface area contributed by atoms with Crippen LogP contribution in [-0.2, 0) is 11.2 Å². The van der Waals surface area contributed by atoms with E-state index in [2.05, 4.69) is 12.2 Å². The van der Waals surface area contributed by atoms with Crippen molar-refractivity contribution in [1.29, 1.82) is 0 Å². The van der Waals surface area contributed by atoms with Crippen molar-refractivity contribution in [3.05, 3.63) is 29.8 Å². The molecular weight excluding hydrogens is 224 g/mol. The third-order valence-electron chi connectivity index (χ3n) is 3.65. The average molecular weight is 246 g/mol. The average Bonchev–Trinajstić information content (AvgIpc) is 2.32. The van der Waals surface area contributed by atoms with E-state index in [1.807, 2.05) is 24.3 Å². The fourth-order valence-electron chi connectivity index (χ4n) is 2.66. The fourth-order valence-corrected chi connectivity index (χ4v) is 2.66. The summed E-state index contributed by atoms with van der Waals surface area (Å²) in [6.45, 7) is 2.26. The number of rotatable bonds is 3. The first-order chi connectivity index (χ1) is 8.63. The highest BCUT2D eigenvalue weighted by Crippen LogP contribution is 2.23. The summed E-state index contributed by atoms with van der Waals surface area (Å²) in [6.07, 6.45) is 5.22. The van der Waals surface area contributed by atoms with E-state index in [0.717, 1.165) is 30.0 Å². The summed E-state index contributed by atoms with van der Waals surface area (Å²) in [5, 5.41) is 3.14. The smallest absolute Gasteiger partial charge is 0.224 e. The Kier molecular flexibility index (Phi) is 4.24. The van der Waals surface area contributed by atoms with Crippen molar-refractivity contribution in [3.8, 4) is 0 Å². The Balaban J connectivity index is 1.83. The highest BCUT2D eigenvalue weighted by atomic mass is 16.1. The van der Waals surface area contributed by atoms with Crippen molar-refractivity contribution in [2.75, 3.05) is 5.73 Å². The molecule has 0 unspecified atom stereocenters. The first kappa shape index (κ1) is 12.9. The minimum absolute atomic E-state index is 0.124. The lowest BCUT2D eigenvalue weighted by Gasteiger charge is -2.27. The molecule has 2 rings (SSSR count). The van der Waals surface area contributed by atoms with Crippen LogP contribution in [0.3, 0.4) is 0 Å². The van der Waals surface area contributed by atoms with E-state index in [0.29, 0.717) is 12.5 Å². The molecule has 1 aromatic rings. The van der Waals surface area contributed by atoms with Crippen molar-refractivity contribution >= 4 is 11.6 Å². The molecule has 2 atom stereocenters. The molecule has 98 valence electrons. The Bertz CT molecular complexity index is 399. The lowest BCUT2D eigenvalue weighted by Crippen LogP contribution is -2.38. The van der Waals surface area contributed by atoms with Gasteiger partial charge in [-0.3, -0.25) is 4.79 Å². The standard InChI is InChI=1S/C15H22N2O/c1-11-3-2-4-14(9-11)17-15(18)10-12-5-7-13(16)8-6-12/h5-8,11,14H,2-4,9-10,16H2,1H3,(H,17,18)/t11-,14+/m0/s1. The van der Waals surface area contributed by atoms with Crippen LogP contribution in [-0.4, -0.2) is 11.9 Å². The molecule has 1 amide bonds. The van der Waals surface area contributed by atoms with Gasteiger partial charge in [0, 0.05) is 11.7 Å². The Morgan fingerprint density at radius 1 is 1.33 bits per heavy atom. The highest BCUT2D eigenvalue weighted by Gasteiger charge is 2.20. The molecule has 0 heterocycles. The maximum Gasteiger partial charge on any atom is 0.224 e. The number of hydrogen-bond acceptors (Lipinski definition) is 2. The van der Waals surface area contributed by atoms with E-state index in [-0.39, 0.29) is 5.91 Å². The number of carbonyl (C=O) groups excluding carboxylic acids is 1. The highest BCUT2D eigenvalue weighted by molar-refractivity contribution is 5.79. The van der Waals surface area contributed by atoms with Gasteiger partial charge in [0.2, 0.25) is 5.91 Å². The zero-order chi connectivity index (χ0) is 13.0. The molecular formula is C15H22N2O. The zero-order valence-electron chi connectivity index (χ0n) is 11.0. The van der Waals surface area contributed by atoms with E-state index in [4.69, 9.17) is 5.73 Å². The fraction of sp³-hybridized carbons (Fsp3) is 0.533. The normalized spacial score (nSPS) is 23.6. The maximum atomic E-state index is 11.9. The van der Waals surface area contributed by atoms with Gasteiger partial charge in [0.15, 0.2) is 0 Å². The first-order valence-electron chi connectivity index (χ1n) is 6.77. The van der Waals surface area contributed by atoms with Gasteiger partial charge in [-0.25, -0.2) is 0 Å². The van der Waals surface area contributed by atoms with Crippen LogP contribution < -0.4 is 11.1 Å². The number of nitrogens with two attached hydrogens (primary N) is 1. The van der Waals surface area contributed by atoms with Gasteiger partial charge in [-0.05, 0) is 36.5 Å². The molecule has 0 radical (unpaired) electrons. The third-order valence-corrected chi connectivity index (χ3v) is 3.65. The molecule has 1 aliphatic carbocycles. The molecule has 0 aliphatic heterocycles. The number of hydrogen-bond donors (Lipinski definition) is 2. The summed E-state index contributed by atoms with van der Waals surface area (Å²) in [5.41, 5.74) is 7.38. The van der Waals surface area contributed by atoms with Crippen molar-refractivity contribution in [1.82, 2.24) is 5.32 Å². The lowest BCUT2D eigenvalue weighted by molar-refractivity contribution is -0.121. The van der Waals surface area contributed by atoms with Crippen LogP contribution in [0.15, 0.2) is 24.3 Å². The van der Waals surface area contributed by atoms with Crippen molar-refractivity contribution in [3.63, 3.8) is 0 Å². The maximum absolute atomic E-state index is 11.9. The number of carbonyl (C=O) groups is 1. The Hall–Kier alpha value is -1.51. The molecule has 1 aliphatic rings. The van der Waals surface area contributed by atoms with E-state index in [1.54, 1.807) is 0 Å². The topological polar surface area (TPSA) is 55.1 Å². The van der Waals surface area contributed by atoms with Gasteiger partial charge in [-0.1, -0.05) is 31.9 Å². The zero-order valence-corrected chi connectivity index (χ0v) is 11.0. The SMILES string of the molecule is C[C@H]1CCC[C@@H](NC(=O)Cc2ccc(N)cc2)C1. The van der Waals surface area contributed by atoms with Crippen molar-refractivity contribution in [2.45, 2.75) is 45.1 Å². The molecule has 0 bridgehead atoms. The number of amides is 1. The number of anilines is 1. The van der Waals surface area contributed by atoms with Crippen LogP contribution in [0.2, 0.25) is 0 Å². The van der Waals surface area contributed by atoms with Crippen LogP contribution in [0.25, 0.3) is 0 Å². The van der Waals surface area contributed by atoms with Gasteiger partial charge in [-0.15, -0.1) is 0 Å². The second-order valence-corrected chi connectivity index (χ2v) is 5.45. The van der Waals surface area contributed by atoms with Crippen LogP contribution >= 0.6 is 0 Å². The second-order valence-electron chi connectivity index (χ2n) is 5.45. The molecule has 3 heteroatoms. The van der Waals surface area contributed by atoms with Crippen molar-refractivity contribution in [2.24, 2.45) is 5.92 Å². The number of benzene rings is 1. The van der Waals surface area contributed by atoms with Crippen LogP contribution in [0.5, 0.6) is 0 Å². The number of nitrogen functional groups attached to an aromatic ring is 1. The van der Waals surface area contributed by atoms with Gasteiger partial charge in [0.25, 0.3) is 0 Å². The first-order valence-corrected chi connectivity index (χ1v) is 6.77. The summed E-state index contributed by atoms with van der Waals surface area (Å²) in [7, 11) is 0. The van der Waals surface area contributed by atoms with Gasteiger partial charge in [0.1, 0.15) is 0 Å². The molecule has 0 aromatic heterocycles. The van der Waals surface area contributed by atoms with Crippen LogP contribution in [0, 0.1) is 5.92 Å². The van der Waals surface area contributed by atoms with E-state index in [9.17, 15) is 4.79 Å². The predicted octanol–water partition coefficient (Wildman–Crippen LogP) is 2.51. The van der Waals surface area contributed by atoms with Gasteiger partial charge in [0.05, 0.1) is 6.42 Å². The Labute approximate surface area is 109 Å². The van der Waals surface area contributed by atoms with E-state index in [1.165, 1.54) is 12.8 Å². The molecule has 3 N–H and O–H groups in total. The second kappa shape index (κ2) is 5.89. The quantitative estimate of drug-likeness (QED) is 0.805. The molecule has 1 fully saturated rings. The molecule has 0 spiro atoms. The number of nitrogens with one attached hydrogen (secondary N) is 1. The summed E-state index contributed by atoms with van der Waals surface area (Å²) in [6, 6.07) is 7.88. The van der Waals surface area contributed by atoms with Crippen molar-refractivity contribution < 1.29 is 4.79 Å². The summed E-state index contributed by atoms with van der Waals surface area (Å²) in [5.74, 6) is 0.861.